The summed E-state index contributed by atoms with van der Waals surface area (Å²) in [5, 5.41) is 14.6. The lowest BCUT2D eigenvalue weighted by atomic mass is 9.93. The van der Waals surface area contributed by atoms with Crippen LogP contribution in [0, 0.1) is 13.8 Å². The Morgan fingerprint density at radius 2 is 1.87 bits per heavy atom. The number of β-amino-alcohol motifs (C(OH)–C–C–N with tert-alkyl or cyclic N) is 1. The van der Waals surface area contributed by atoms with Gasteiger partial charge in [-0.3, -0.25) is 9.69 Å². The van der Waals surface area contributed by atoms with E-state index in [0.29, 0.717) is 31.9 Å². The van der Waals surface area contributed by atoms with E-state index >= 15 is 0 Å². The molecule has 1 aliphatic heterocycles. The normalized spacial score (nSPS) is 19.1. The minimum Gasteiger partial charge on any atom is -0.492 e. The number of aliphatic hydroxyl groups is 1. The van der Waals surface area contributed by atoms with Crippen molar-refractivity contribution in [1.29, 1.82) is 0 Å². The summed E-state index contributed by atoms with van der Waals surface area (Å²) >= 11 is 6.21. The van der Waals surface area contributed by atoms with Crippen LogP contribution in [0.3, 0.4) is 0 Å². The summed E-state index contributed by atoms with van der Waals surface area (Å²) in [5.41, 5.74) is 0.903. The molecule has 0 bridgehead atoms. The van der Waals surface area contributed by atoms with E-state index in [1.807, 2.05) is 61.2 Å². The van der Waals surface area contributed by atoms with E-state index in [1.54, 1.807) is 0 Å². The molecular weight excluding hydrogens is 416 g/mol. The van der Waals surface area contributed by atoms with Crippen molar-refractivity contribution in [2.24, 2.45) is 0 Å². The summed E-state index contributed by atoms with van der Waals surface area (Å²) in [5.74, 6) is 1.40. The number of amides is 1. The second-order valence-electron chi connectivity index (χ2n) is 8.21. The molecule has 0 aliphatic carbocycles. The van der Waals surface area contributed by atoms with E-state index in [-0.39, 0.29) is 19.1 Å². The number of para-hydroxylation sites is 1. The summed E-state index contributed by atoms with van der Waals surface area (Å²) in [6, 6.07) is 13.3. The molecular formula is C24H31ClN2O4. The number of hydrogen-bond donors (Lipinski definition) is 2. The molecule has 2 aromatic rings. The summed E-state index contributed by atoms with van der Waals surface area (Å²) < 4.78 is 11.5. The molecule has 1 aliphatic rings. The van der Waals surface area contributed by atoms with Crippen molar-refractivity contribution in [3.05, 3.63) is 58.6 Å². The number of aryl methyl sites for hydroxylation is 2. The molecule has 1 saturated heterocycles. The summed E-state index contributed by atoms with van der Waals surface area (Å²) in [6.07, 6.45) is 1.45. The number of rotatable bonds is 9. The van der Waals surface area contributed by atoms with Crippen molar-refractivity contribution in [3.63, 3.8) is 0 Å². The zero-order chi connectivity index (χ0) is 22.3. The summed E-state index contributed by atoms with van der Waals surface area (Å²) in [4.78, 5) is 14.3. The highest BCUT2D eigenvalue weighted by molar-refractivity contribution is 6.32. The maximum atomic E-state index is 12.3. The molecule has 31 heavy (non-hydrogen) atoms. The highest BCUT2D eigenvalue weighted by atomic mass is 35.5. The van der Waals surface area contributed by atoms with Gasteiger partial charge >= 0.3 is 0 Å². The van der Waals surface area contributed by atoms with Crippen LogP contribution in [0.1, 0.15) is 24.0 Å². The lowest BCUT2D eigenvalue weighted by molar-refractivity contribution is -0.124. The fraction of sp³-hybridized carbons (Fsp3) is 0.458. The van der Waals surface area contributed by atoms with Crippen LogP contribution < -0.4 is 14.8 Å². The maximum absolute atomic E-state index is 12.3. The Bertz CT molecular complexity index is 854. The van der Waals surface area contributed by atoms with Gasteiger partial charge < -0.3 is 19.9 Å². The monoisotopic (exact) mass is 446 g/mol. The number of likely N-dealkylation sites (tertiary alicyclic amines) is 1. The number of benzene rings is 2. The molecule has 0 aromatic heterocycles. The van der Waals surface area contributed by atoms with Gasteiger partial charge in [-0.25, -0.2) is 0 Å². The first-order valence-corrected chi connectivity index (χ1v) is 11.0. The largest absolute Gasteiger partial charge is 0.492 e. The van der Waals surface area contributed by atoms with E-state index in [4.69, 9.17) is 21.1 Å². The van der Waals surface area contributed by atoms with Gasteiger partial charge in [0.25, 0.3) is 0 Å². The van der Waals surface area contributed by atoms with Gasteiger partial charge in [0, 0.05) is 11.6 Å². The van der Waals surface area contributed by atoms with Crippen molar-refractivity contribution in [2.45, 2.75) is 32.3 Å². The van der Waals surface area contributed by atoms with E-state index in [1.165, 1.54) is 0 Å². The number of ether oxygens (including phenoxy) is 2. The minimum atomic E-state index is -0.990. The van der Waals surface area contributed by atoms with Crippen molar-refractivity contribution in [3.8, 4) is 11.5 Å². The average Bonchev–Trinajstić information content (AvgIpc) is 2.74. The maximum Gasteiger partial charge on any atom is 0.234 e. The summed E-state index contributed by atoms with van der Waals surface area (Å²) in [7, 11) is 0. The minimum absolute atomic E-state index is 0.0780. The van der Waals surface area contributed by atoms with Crippen molar-refractivity contribution in [2.75, 3.05) is 39.4 Å². The number of nitrogens with zero attached hydrogens (tertiary/aromatic N) is 1. The molecule has 0 radical (unpaired) electrons. The SMILES string of the molecule is Cc1cc(OCC2(O)CCCN(CC(=O)NCCOc3ccccc3)C2)cc(C)c1Cl. The van der Waals surface area contributed by atoms with Gasteiger partial charge in [0.2, 0.25) is 5.91 Å². The van der Waals surface area contributed by atoms with Crippen molar-refractivity contribution >= 4 is 17.5 Å². The van der Waals surface area contributed by atoms with Crippen LogP contribution >= 0.6 is 11.6 Å². The number of carbonyl (C=O) groups excluding carboxylic acids is 1. The Hall–Kier alpha value is -2.28. The van der Waals surface area contributed by atoms with E-state index in [2.05, 4.69) is 5.32 Å². The Kier molecular flexibility index (Phi) is 8.18. The topological polar surface area (TPSA) is 71.0 Å². The molecule has 7 heteroatoms. The number of hydrogen-bond acceptors (Lipinski definition) is 5. The Morgan fingerprint density at radius 1 is 1.16 bits per heavy atom. The highest BCUT2D eigenvalue weighted by Crippen LogP contribution is 2.28. The molecule has 168 valence electrons. The first-order valence-electron chi connectivity index (χ1n) is 10.6. The molecule has 1 fully saturated rings. The van der Waals surface area contributed by atoms with Gasteiger partial charge in [-0.05, 0) is 68.6 Å². The van der Waals surface area contributed by atoms with Gasteiger partial charge in [0.15, 0.2) is 0 Å². The molecule has 1 atom stereocenters. The lowest BCUT2D eigenvalue weighted by Crippen LogP contribution is -2.53. The van der Waals surface area contributed by atoms with Crippen LogP contribution in [0.4, 0.5) is 0 Å². The van der Waals surface area contributed by atoms with Gasteiger partial charge in [0.05, 0.1) is 13.1 Å². The Balaban J connectivity index is 1.42. The molecule has 1 unspecified atom stereocenters. The Labute approximate surface area is 189 Å². The number of nitrogens with one attached hydrogen (secondary N) is 1. The first kappa shape index (κ1) is 23.4. The fourth-order valence-electron chi connectivity index (χ4n) is 3.80. The van der Waals surface area contributed by atoms with E-state index < -0.39 is 5.60 Å². The van der Waals surface area contributed by atoms with Crippen LogP contribution in [-0.4, -0.2) is 60.9 Å². The fourth-order valence-corrected chi connectivity index (χ4v) is 3.91. The molecule has 2 aromatic carbocycles. The van der Waals surface area contributed by atoms with Gasteiger partial charge in [-0.15, -0.1) is 0 Å². The molecule has 0 spiro atoms. The second-order valence-corrected chi connectivity index (χ2v) is 8.59. The molecule has 1 amide bonds. The quantitative estimate of drug-likeness (QED) is 0.578. The molecule has 0 saturated carbocycles. The zero-order valence-electron chi connectivity index (χ0n) is 18.2. The number of halogens is 1. The predicted molar refractivity (Wildman–Crippen MR) is 122 cm³/mol. The zero-order valence-corrected chi connectivity index (χ0v) is 19.0. The standard InChI is InChI=1S/C24H31ClN2O4/c1-18-13-21(14-19(2)23(18)25)31-17-24(29)9-6-11-27(16-24)15-22(28)26-10-12-30-20-7-4-3-5-8-20/h3-5,7-8,13-14,29H,6,9-12,15-17H2,1-2H3,(H,26,28). The number of carbonyl (C=O) groups is 1. The van der Waals surface area contributed by atoms with E-state index in [9.17, 15) is 9.90 Å². The third-order valence-corrected chi connectivity index (χ3v) is 5.95. The van der Waals surface area contributed by atoms with Crippen LogP contribution in [0.5, 0.6) is 11.5 Å². The summed E-state index contributed by atoms with van der Waals surface area (Å²) in [6.45, 7) is 6.30. The third kappa shape index (κ3) is 7.13. The van der Waals surface area contributed by atoms with Crippen molar-refractivity contribution in [1.82, 2.24) is 10.2 Å². The lowest BCUT2D eigenvalue weighted by Gasteiger charge is -2.38. The Morgan fingerprint density at radius 3 is 2.58 bits per heavy atom. The van der Waals surface area contributed by atoms with Crippen LogP contribution in [-0.2, 0) is 4.79 Å². The highest BCUT2D eigenvalue weighted by Gasteiger charge is 2.34. The first-order chi connectivity index (χ1) is 14.8. The van der Waals surface area contributed by atoms with Crippen molar-refractivity contribution < 1.29 is 19.4 Å². The van der Waals surface area contributed by atoms with Gasteiger partial charge in [-0.1, -0.05) is 29.8 Å². The molecule has 1 heterocycles. The third-order valence-electron chi connectivity index (χ3n) is 5.36. The van der Waals surface area contributed by atoms with Gasteiger partial charge in [0.1, 0.15) is 30.3 Å². The second kappa shape index (κ2) is 10.8. The molecule has 6 nitrogen and oxygen atoms in total. The van der Waals surface area contributed by atoms with E-state index in [0.717, 1.165) is 34.9 Å². The van der Waals surface area contributed by atoms with Gasteiger partial charge in [-0.2, -0.15) is 0 Å². The smallest absolute Gasteiger partial charge is 0.234 e. The van der Waals surface area contributed by atoms with Crippen LogP contribution in [0.15, 0.2) is 42.5 Å². The van der Waals surface area contributed by atoms with Crippen LogP contribution in [0.25, 0.3) is 0 Å². The molecule has 2 N–H and O–H groups in total. The molecule has 3 rings (SSSR count). The number of piperidine rings is 1. The average molecular weight is 447 g/mol. The van der Waals surface area contributed by atoms with Crippen LogP contribution in [0.2, 0.25) is 5.02 Å². The predicted octanol–water partition coefficient (Wildman–Crippen LogP) is 3.36.